The van der Waals surface area contributed by atoms with E-state index in [1.54, 1.807) is 0 Å². The van der Waals surface area contributed by atoms with E-state index in [1.807, 2.05) is 0 Å². The van der Waals surface area contributed by atoms with Crippen LogP contribution >= 0.6 is 0 Å². The molecule has 0 spiro atoms. The smallest absolute Gasteiger partial charge is 0.000588 e. The first-order valence-electron chi connectivity index (χ1n) is 8.43. The summed E-state index contributed by atoms with van der Waals surface area (Å²) < 4.78 is 0. The lowest BCUT2D eigenvalue weighted by Gasteiger charge is -2.39. The molecule has 2 N–H and O–H groups in total. The summed E-state index contributed by atoms with van der Waals surface area (Å²) in [5, 5.41) is 7.37. The van der Waals surface area contributed by atoms with Crippen LogP contribution in [0.4, 0.5) is 0 Å². The highest BCUT2D eigenvalue weighted by Crippen LogP contribution is 2.36. The highest BCUT2D eigenvalue weighted by molar-refractivity contribution is 4.86. The van der Waals surface area contributed by atoms with E-state index in [4.69, 9.17) is 0 Å². The van der Waals surface area contributed by atoms with Gasteiger partial charge in [-0.15, -0.1) is 0 Å². The fourth-order valence-corrected chi connectivity index (χ4v) is 3.93. The van der Waals surface area contributed by atoms with Crippen LogP contribution in [0.2, 0.25) is 0 Å². The fraction of sp³-hybridized carbons (Fsp3) is 1.00. The van der Waals surface area contributed by atoms with Crippen LogP contribution in [-0.2, 0) is 0 Å². The first-order valence-corrected chi connectivity index (χ1v) is 8.43. The molecule has 0 amide bonds. The summed E-state index contributed by atoms with van der Waals surface area (Å²) in [6.07, 6.45) is 9.93. The Kier molecular flexibility index (Phi) is 5.30. The minimum absolute atomic E-state index is 0.429. The molecule has 1 heterocycles. The highest BCUT2D eigenvalue weighted by Gasteiger charge is 2.32. The number of nitrogens with one attached hydrogen (secondary N) is 2. The van der Waals surface area contributed by atoms with E-state index in [9.17, 15) is 0 Å². The van der Waals surface area contributed by atoms with Crippen LogP contribution in [0.5, 0.6) is 0 Å². The summed E-state index contributed by atoms with van der Waals surface area (Å²) in [4.78, 5) is 0. The van der Waals surface area contributed by atoms with Crippen molar-refractivity contribution in [1.82, 2.24) is 10.6 Å². The van der Waals surface area contributed by atoms with Crippen molar-refractivity contribution in [3.63, 3.8) is 0 Å². The average Bonchev–Trinajstić information content (AvgIpc) is 2.40. The second-order valence-electron chi connectivity index (χ2n) is 8.01. The van der Waals surface area contributed by atoms with E-state index in [2.05, 4.69) is 31.4 Å². The minimum Gasteiger partial charge on any atom is -0.316 e. The van der Waals surface area contributed by atoms with Crippen LogP contribution in [0, 0.1) is 16.7 Å². The second-order valence-corrected chi connectivity index (χ2v) is 8.01. The van der Waals surface area contributed by atoms with Gasteiger partial charge in [-0.1, -0.05) is 40.0 Å². The average molecular weight is 266 g/mol. The molecule has 1 aliphatic carbocycles. The zero-order valence-electron chi connectivity index (χ0n) is 13.4. The van der Waals surface area contributed by atoms with Crippen LogP contribution in [0.25, 0.3) is 0 Å². The zero-order valence-corrected chi connectivity index (χ0v) is 13.4. The fourth-order valence-electron chi connectivity index (χ4n) is 3.93. The molecule has 1 saturated carbocycles. The quantitative estimate of drug-likeness (QED) is 0.795. The Morgan fingerprint density at radius 3 is 2.53 bits per heavy atom. The molecule has 0 bridgehead atoms. The van der Waals surface area contributed by atoms with Crippen molar-refractivity contribution in [2.75, 3.05) is 26.2 Å². The van der Waals surface area contributed by atoms with Crippen LogP contribution in [0.1, 0.15) is 65.7 Å². The van der Waals surface area contributed by atoms with Gasteiger partial charge in [-0.25, -0.2) is 0 Å². The molecule has 2 aliphatic rings. The molecule has 0 aromatic carbocycles. The molecule has 19 heavy (non-hydrogen) atoms. The van der Waals surface area contributed by atoms with E-state index in [0.29, 0.717) is 10.8 Å². The van der Waals surface area contributed by atoms with Crippen molar-refractivity contribution in [2.24, 2.45) is 16.7 Å². The molecular formula is C17H34N2. The molecule has 0 radical (unpaired) electrons. The predicted molar refractivity (Wildman–Crippen MR) is 83.4 cm³/mol. The lowest BCUT2D eigenvalue weighted by molar-refractivity contribution is 0.147. The summed E-state index contributed by atoms with van der Waals surface area (Å²) in [5.41, 5.74) is 0.998. The third kappa shape index (κ3) is 4.46. The van der Waals surface area contributed by atoms with E-state index in [1.165, 1.54) is 71.1 Å². The van der Waals surface area contributed by atoms with Crippen molar-refractivity contribution >= 4 is 0 Å². The van der Waals surface area contributed by atoms with Crippen molar-refractivity contribution in [3.05, 3.63) is 0 Å². The number of piperidine rings is 1. The van der Waals surface area contributed by atoms with E-state index >= 15 is 0 Å². The Morgan fingerprint density at radius 2 is 1.89 bits per heavy atom. The second kappa shape index (κ2) is 6.58. The molecular weight excluding hydrogens is 232 g/mol. The Labute approximate surface area is 120 Å². The topological polar surface area (TPSA) is 24.1 Å². The highest BCUT2D eigenvalue weighted by atomic mass is 14.9. The van der Waals surface area contributed by atoms with Crippen LogP contribution in [-0.4, -0.2) is 26.2 Å². The van der Waals surface area contributed by atoms with Crippen LogP contribution < -0.4 is 10.6 Å². The molecule has 1 atom stereocenters. The standard InChI is InChI=1S/C17H34N2/c1-16(2,15-8-7-11-18-12-15)13-19-14-17(3)9-5-4-6-10-17/h15,18-19H,4-14H2,1-3H3. The van der Waals surface area contributed by atoms with E-state index < -0.39 is 0 Å². The van der Waals surface area contributed by atoms with Gasteiger partial charge in [-0.3, -0.25) is 0 Å². The molecule has 1 saturated heterocycles. The van der Waals surface area contributed by atoms with E-state index in [-0.39, 0.29) is 0 Å². The lowest BCUT2D eigenvalue weighted by Crippen LogP contribution is -2.45. The van der Waals surface area contributed by atoms with Crippen molar-refractivity contribution in [2.45, 2.75) is 65.7 Å². The van der Waals surface area contributed by atoms with Gasteiger partial charge < -0.3 is 10.6 Å². The van der Waals surface area contributed by atoms with Gasteiger partial charge in [0.05, 0.1) is 0 Å². The summed E-state index contributed by atoms with van der Waals surface area (Å²) in [6.45, 7) is 12.2. The molecule has 112 valence electrons. The van der Waals surface area contributed by atoms with Gasteiger partial charge in [0.1, 0.15) is 0 Å². The summed E-state index contributed by atoms with van der Waals surface area (Å²) >= 11 is 0. The Morgan fingerprint density at radius 1 is 1.16 bits per heavy atom. The maximum atomic E-state index is 3.81. The molecule has 2 rings (SSSR count). The monoisotopic (exact) mass is 266 g/mol. The van der Waals surface area contributed by atoms with Gasteiger partial charge in [0.15, 0.2) is 0 Å². The van der Waals surface area contributed by atoms with Gasteiger partial charge >= 0.3 is 0 Å². The van der Waals surface area contributed by atoms with Gasteiger partial charge in [0.25, 0.3) is 0 Å². The predicted octanol–water partition coefficient (Wildman–Crippen LogP) is 3.57. The van der Waals surface area contributed by atoms with Gasteiger partial charge in [0.2, 0.25) is 0 Å². The Balaban J connectivity index is 1.74. The summed E-state index contributed by atoms with van der Waals surface area (Å²) in [7, 11) is 0. The molecule has 0 aromatic rings. The SMILES string of the molecule is CC1(CNCC(C)(C)C2CCCNC2)CCCCC1. The first kappa shape index (κ1) is 15.3. The van der Waals surface area contributed by atoms with Crippen molar-refractivity contribution < 1.29 is 0 Å². The zero-order chi connectivity index (χ0) is 13.8. The van der Waals surface area contributed by atoms with E-state index in [0.717, 1.165) is 5.92 Å². The maximum absolute atomic E-state index is 3.81. The first-order chi connectivity index (χ1) is 9.02. The molecule has 2 nitrogen and oxygen atoms in total. The third-order valence-electron chi connectivity index (χ3n) is 5.60. The normalized spacial score (nSPS) is 28.3. The van der Waals surface area contributed by atoms with Crippen LogP contribution in [0.3, 0.4) is 0 Å². The van der Waals surface area contributed by atoms with Gasteiger partial charge in [-0.05, 0) is 55.5 Å². The molecule has 1 unspecified atom stereocenters. The number of hydrogen-bond donors (Lipinski definition) is 2. The Hall–Kier alpha value is -0.0800. The van der Waals surface area contributed by atoms with Crippen molar-refractivity contribution in [3.8, 4) is 0 Å². The largest absolute Gasteiger partial charge is 0.316 e. The van der Waals surface area contributed by atoms with Gasteiger partial charge in [-0.2, -0.15) is 0 Å². The summed E-state index contributed by atoms with van der Waals surface area (Å²) in [5.74, 6) is 0.841. The molecule has 1 aliphatic heterocycles. The number of rotatable bonds is 5. The molecule has 0 aromatic heterocycles. The third-order valence-corrected chi connectivity index (χ3v) is 5.60. The minimum atomic E-state index is 0.429. The number of hydrogen-bond acceptors (Lipinski definition) is 2. The van der Waals surface area contributed by atoms with Crippen LogP contribution in [0.15, 0.2) is 0 Å². The summed E-state index contributed by atoms with van der Waals surface area (Å²) in [6, 6.07) is 0. The maximum Gasteiger partial charge on any atom is 0.000588 e. The Bertz CT molecular complexity index is 260. The van der Waals surface area contributed by atoms with Crippen molar-refractivity contribution in [1.29, 1.82) is 0 Å². The van der Waals surface area contributed by atoms with Gasteiger partial charge in [0, 0.05) is 13.1 Å². The molecule has 2 heteroatoms. The molecule has 2 fully saturated rings. The lowest BCUT2D eigenvalue weighted by atomic mass is 9.73.